The summed E-state index contributed by atoms with van der Waals surface area (Å²) < 4.78 is 0. The number of aromatic nitrogens is 1. The SMILES string of the molecule is NC1=CC=CC(N)(c2ccccn2)N1. The van der Waals surface area contributed by atoms with Gasteiger partial charge in [0.2, 0.25) is 0 Å². The lowest BCUT2D eigenvalue weighted by atomic mass is 10.0. The van der Waals surface area contributed by atoms with Gasteiger partial charge < -0.3 is 16.8 Å². The molecule has 0 spiro atoms. The highest BCUT2D eigenvalue weighted by Gasteiger charge is 2.26. The molecule has 0 bridgehead atoms. The van der Waals surface area contributed by atoms with Gasteiger partial charge in [0.1, 0.15) is 0 Å². The predicted molar refractivity (Wildman–Crippen MR) is 54.6 cm³/mol. The molecule has 4 heteroatoms. The first-order chi connectivity index (χ1) is 6.71. The van der Waals surface area contributed by atoms with Gasteiger partial charge in [-0.3, -0.25) is 4.98 Å². The summed E-state index contributed by atoms with van der Waals surface area (Å²) in [6.07, 6.45) is 7.11. The number of nitrogens with one attached hydrogen (secondary N) is 1. The van der Waals surface area contributed by atoms with E-state index >= 15 is 0 Å². The van der Waals surface area contributed by atoms with E-state index in [0.717, 1.165) is 5.69 Å². The minimum Gasteiger partial charge on any atom is -0.385 e. The lowest BCUT2D eigenvalue weighted by Gasteiger charge is -2.29. The maximum absolute atomic E-state index is 6.09. The van der Waals surface area contributed by atoms with Crippen molar-refractivity contribution in [3.8, 4) is 0 Å². The van der Waals surface area contributed by atoms with Crippen LogP contribution < -0.4 is 16.8 Å². The minimum absolute atomic E-state index is 0.542. The number of nitrogens with two attached hydrogens (primary N) is 2. The summed E-state index contributed by atoms with van der Waals surface area (Å²) in [7, 11) is 0. The standard InChI is InChI=1S/C10H12N4/c11-9-5-3-6-10(12,14-9)8-4-1-2-7-13-8/h1-7,14H,11-12H2. The fourth-order valence-electron chi connectivity index (χ4n) is 1.38. The Morgan fingerprint density at radius 1 is 1.36 bits per heavy atom. The molecule has 4 nitrogen and oxygen atoms in total. The fraction of sp³-hybridized carbons (Fsp3) is 0.100. The van der Waals surface area contributed by atoms with E-state index in [1.165, 1.54) is 0 Å². The number of pyridine rings is 1. The highest BCUT2D eigenvalue weighted by atomic mass is 15.2. The Morgan fingerprint density at radius 2 is 2.21 bits per heavy atom. The van der Waals surface area contributed by atoms with E-state index in [0.29, 0.717) is 5.82 Å². The van der Waals surface area contributed by atoms with Crippen molar-refractivity contribution in [2.24, 2.45) is 11.5 Å². The molecule has 0 saturated carbocycles. The zero-order valence-corrected chi connectivity index (χ0v) is 7.64. The van der Waals surface area contributed by atoms with Gasteiger partial charge >= 0.3 is 0 Å². The zero-order valence-electron chi connectivity index (χ0n) is 7.64. The second-order valence-corrected chi connectivity index (χ2v) is 3.19. The Labute approximate surface area is 82.3 Å². The Hall–Kier alpha value is -1.81. The first-order valence-corrected chi connectivity index (χ1v) is 4.34. The van der Waals surface area contributed by atoms with Gasteiger partial charge in [-0.15, -0.1) is 0 Å². The Balaban J connectivity index is 2.35. The van der Waals surface area contributed by atoms with Gasteiger partial charge in [-0.1, -0.05) is 12.1 Å². The third kappa shape index (κ3) is 1.47. The molecular formula is C10H12N4. The zero-order chi connectivity index (χ0) is 10.0. The van der Waals surface area contributed by atoms with Gasteiger partial charge in [0.05, 0.1) is 11.5 Å². The van der Waals surface area contributed by atoms with Gasteiger partial charge in [0.25, 0.3) is 0 Å². The number of rotatable bonds is 1. The van der Waals surface area contributed by atoms with Crippen molar-refractivity contribution in [2.45, 2.75) is 5.66 Å². The average Bonchev–Trinajstić information content (AvgIpc) is 2.19. The van der Waals surface area contributed by atoms with Gasteiger partial charge in [-0.05, 0) is 24.3 Å². The first-order valence-electron chi connectivity index (χ1n) is 4.34. The number of nitrogens with zero attached hydrogens (tertiary/aromatic N) is 1. The number of hydrogen-bond donors (Lipinski definition) is 3. The van der Waals surface area contributed by atoms with E-state index in [2.05, 4.69) is 10.3 Å². The summed E-state index contributed by atoms with van der Waals surface area (Å²) in [5.74, 6) is 0.542. The van der Waals surface area contributed by atoms with Crippen LogP contribution in [-0.4, -0.2) is 4.98 Å². The maximum atomic E-state index is 6.09. The summed E-state index contributed by atoms with van der Waals surface area (Å²) in [6.45, 7) is 0. The molecule has 1 unspecified atom stereocenters. The molecule has 0 aromatic carbocycles. The van der Waals surface area contributed by atoms with Crippen LogP contribution in [0.3, 0.4) is 0 Å². The molecule has 1 aliphatic heterocycles. The number of hydrogen-bond acceptors (Lipinski definition) is 4. The molecule has 0 radical (unpaired) electrons. The molecule has 5 N–H and O–H groups in total. The quantitative estimate of drug-likeness (QED) is 0.586. The van der Waals surface area contributed by atoms with Crippen LogP contribution in [-0.2, 0) is 5.66 Å². The van der Waals surface area contributed by atoms with E-state index in [1.54, 1.807) is 12.3 Å². The van der Waals surface area contributed by atoms with Gasteiger partial charge in [-0.2, -0.15) is 0 Å². The lowest BCUT2D eigenvalue weighted by molar-refractivity contribution is 0.457. The molecular weight excluding hydrogens is 176 g/mol. The van der Waals surface area contributed by atoms with Crippen molar-refractivity contribution in [3.05, 3.63) is 54.1 Å². The van der Waals surface area contributed by atoms with E-state index in [9.17, 15) is 0 Å². The van der Waals surface area contributed by atoms with Crippen molar-refractivity contribution < 1.29 is 0 Å². The second-order valence-electron chi connectivity index (χ2n) is 3.19. The van der Waals surface area contributed by atoms with Crippen LogP contribution in [0.25, 0.3) is 0 Å². The van der Waals surface area contributed by atoms with E-state index in [-0.39, 0.29) is 0 Å². The molecule has 14 heavy (non-hydrogen) atoms. The van der Waals surface area contributed by atoms with Crippen LogP contribution in [0.15, 0.2) is 48.4 Å². The Kier molecular flexibility index (Phi) is 1.98. The topological polar surface area (TPSA) is 77.0 Å². The lowest BCUT2D eigenvalue weighted by Crippen LogP contribution is -2.51. The highest BCUT2D eigenvalue weighted by molar-refractivity contribution is 5.29. The van der Waals surface area contributed by atoms with E-state index < -0.39 is 5.66 Å². The summed E-state index contributed by atoms with van der Waals surface area (Å²) in [5.41, 5.74) is 11.7. The van der Waals surface area contributed by atoms with Gasteiger partial charge in [0.15, 0.2) is 5.66 Å². The summed E-state index contributed by atoms with van der Waals surface area (Å²) >= 11 is 0. The molecule has 0 aliphatic carbocycles. The van der Waals surface area contributed by atoms with Crippen LogP contribution in [0, 0.1) is 0 Å². The highest BCUT2D eigenvalue weighted by Crippen LogP contribution is 2.17. The van der Waals surface area contributed by atoms with Crippen molar-refractivity contribution in [1.29, 1.82) is 0 Å². The first kappa shape index (κ1) is 8.77. The van der Waals surface area contributed by atoms with Crippen molar-refractivity contribution in [1.82, 2.24) is 10.3 Å². The van der Waals surface area contributed by atoms with Crippen LogP contribution in [0.5, 0.6) is 0 Å². The molecule has 0 amide bonds. The Morgan fingerprint density at radius 3 is 2.86 bits per heavy atom. The fourth-order valence-corrected chi connectivity index (χ4v) is 1.38. The molecule has 1 atom stereocenters. The monoisotopic (exact) mass is 188 g/mol. The van der Waals surface area contributed by atoms with Crippen molar-refractivity contribution in [2.75, 3.05) is 0 Å². The number of dihydropyridines is 1. The third-order valence-electron chi connectivity index (χ3n) is 2.07. The van der Waals surface area contributed by atoms with Crippen LogP contribution in [0.1, 0.15) is 5.69 Å². The average molecular weight is 188 g/mol. The van der Waals surface area contributed by atoms with Crippen LogP contribution in [0.2, 0.25) is 0 Å². The smallest absolute Gasteiger partial charge is 0.150 e. The number of allylic oxidation sites excluding steroid dienone is 2. The van der Waals surface area contributed by atoms with E-state index in [4.69, 9.17) is 11.5 Å². The van der Waals surface area contributed by atoms with Gasteiger partial charge in [0, 0.05) is 6.20 Å². The molecule has 0 fully saturated rings. The van der Waals surface area contributed by atoms with Crippen molar-refractivity contribution >= 4 is 0 Å². The summed E-state index contributed by atoms with van der Waals surface area (Å²) in [6, 6.07) is 5.59. The predicted octanol–water partition coefficient (Wildman–Crippen LogP) is 0.153. The van der Waals surface area contributed by atoms with Gasteiger partial charge in [-0.25, -0.2) is 0 Å². The molecule has 0 saturated heterocycles. The minimum atomic E-state index is -0.792. The van der Waals surface area contributed by atoms with Crippen LogP contribution >= 0.6 is 0 Å². The van der Waals surface area contributed by atoms with Crippen LogP contribution in [0.4, 0.5) is 0 Å². The second kappa shape index (κ2) is 3.16. The third-order valence-corrected chi connectivity index (χ3v) is 2.07. The summed E-state index contributed by atoms with van der Waals surface area (Å²) in [5, 5.41) is 2.98. The molecule has 1 aliphatic rings. The van der Waals surface area contributed by atoms with E-state index in [1.807, 2.05) is 30.4 Å². The van der Waals surface area contributed by atoms with Crippen molar-refractivity contribution in [3.63, 3.8) is 0 Å². The molecule has 2 heterocycles. The summed E-state index contributed by atoms with van der Waals surface area (Å²) in [4.78, 5) is 4.19. The molecule has 1 aromatic heterocycles. The largest absolute Gasteiger partial charge is 0.385 e. The maximum Gasteiger partial charge on any atom is 0.150 e. The molecule has 1 aromatic rings. The Bertz CT molecular complexity index is 382. The normalized spacial score (nSPS) is 25.4. The molecule has 2 rings (SSSR count). The molecule has 72 valence electrons.